The Morgan fingerprint density at radius 1 is 1.11 bits per heavy atom. The Morgan fingerprint density at radius 2 is 1.86 bits per heavy atom. The van der Waals surface area contributed by atoms with Gasteiger partial charge in [-0.1, -0.05) is 24.3 Å². The average Bonchev–Trinajstić information content (AvgIpc) is 3.37. The number of amides is 1. The van der Waals surface area contributed by atoms with E-state index in [4.69, 9.17) is 10.1 Å². The van der Waals surface area contributed by atoms with Gasteiger partial charge in [0.15, 0.2) is 5.65 Å². The highest BCUT2D eigenvalue weighted by Crippen LogP contribution is 2.31. The van der Waals surface area contributed by atoms with Gasteiger partial charge in [-0.15, -0.1) is 11.3 Å². The number of benzene rings is 1. The van der Waals surface area contributed by atoms with Crippen LogP contribution in [0.1, 0.15) is 29.9 Å². The molecule has 0 aliphatic rings. The van der Waals surface area contributed by atoms with Gasteiger partial charge in [-0.2, -0.15) is 5.10 Å². The average molecular weight is 391 g/mol. The summed E-state index contributed by atoms with van der Waals surface area (Å²) in [6.07, 6.45) is 0. The zero-order valence-corrected chi connectivity index (χ0v) is 17.0. The third kappa shape index (κ3) is 3.10. The van der Waals surface area contributed by atoms with Crippen molar-refractivity contribution in [3.05, 3.63) is 65.2 Å². The maximum absolute atomic E-state index is 13.3. The zero-order valence-electron chi connectivity index (χ0n) is 16.2. The molecule has 0 fully saturated rings. The van der Waals surface area contributed by atoms with Crippen LogP contribution in [0.5, 0.6) is 0 Å². The van der Waals surface area contributed by atoms with Gasteiger partial charge in [0.05, 0.1) is 32.9 Å². The van der Waals surface area contributed by atoms with Crippen LogP contribution in [0, 0.1) is 6.92 Å². The SMILES string of the molecule is CCN(CC)C(=O)c1cc(-c2cccs2)nc2c1c(C)nn2-c1ccccc1. The highest BCUT2D eigenvalue weighted by atomic mass is 32.1. The molecule has 4 rings (SSSR count). The Labute approximate surface area is 168 Å². The lowest BCUT2D eigenvalue weighted by Crippen LogP contribution is -2.30. The van der Waals surface area contributed by atoms with Crippen LogP contribution in [-0.2, 0) is 0 Å². The monoisotopic (exact) mass is 390 g/mol. The normalized spacial score (nSPS) is 11.1. The van der Waals surface area contributed by atoms with Gasteiger partial charge in [-0.3, -0.25) is 4.79 Å². The van der Waals surface area contributed by atoms with Crippen LogP contribution in [0.4, 0.5) is 0 Å². The second kappa shape index (κ2) is 7.56. The summed E-state index contributed by atoms with van der Waals surface area (Å²) in [5.74, 6) is 0.0194. The van der Waals surface area contributed by atoms with E-state index in [0.717, 1.165) is 27.3 Å². The van der Waals surface area contributed by atoms with Gasteiger partial charge in [0.1, 0.15) is 0 Å². The maximum Gasteiger partial charge on any atom is 0.254 e. The molecule has 0 aliphatic carbocycles. The second-order valence-electron chi connectivity index (χ2n) is 6.54. The fraction of sp³-hybridized carbons (Fsp3) is 0.227. The van der Waals surface area contributed by atoms with Crippen LogP contribution in [0.2, 0.25) is 0 Å². The van der Waals surface area contributed by atoms with Crippen molar-refractivity contribution in [2.75, 3.05) is 13.1 Å². The van der Waals surface area contributed by atoms with E-state index in [-0.39, 0.29) is 5.91 Å². The van der Waals surface area contributed by atoms with Gasteiger partial charge in [0.2, 0.25) is 0 Å². The molecule has 28 heavy (non-hydrogen) atoms. The molecule has 0 saturated heterocycles. The van der Waals surface area contributed by atoms with Gasteiger partial charge in [-0.25, -0.2) is 9.67 Å². The van der Waals surface area contributed by atoms with E-state index in [9.17, 15) is 4.79 Å². The Balaban J connectivity index is 2.02. The van der Waals surface area contributed by atoms with E-state index >= 15 is 0 Å². The van der Waals surface area contributed by atoms with Crippen LogP contribution in [0.3, 0.4) is 0 Å². The maximum atomic E-state index is 13.3. The summed E-state index contributed by atoms with van der Waals surface area (Å²) in [6, 6.07) is 15.9. The van der Waals surface area contributed by atoms with E-state index in [0.29, 0.717) is 24.3 Å². The quantitative estimate of drug-likeness (QED) is 0.485. The molecule has 0 atom stereocenters. The van der Waals surface area contributed by atoms with Gasteiger partial charge in [-0.05, 0) is 50.4 Å². The van der Waals surface area contributed by atoms with Crippen molar-refractivity contribution >= 4 is 28.3 Å². The van der Waals surface area contributed by atoms with Gasteiger partial charge >= 0.3 is 0 Å². The number of aryl methyl sites for hydroxylation is 1. The number of nitrogens with zero attached hydrogens (tertiary/aromatic N) is 4. The molecule has 0 bridgehead atoms. The fourth-order valence-corrected chi connectivity index (χ4v) is 4.12. The first-order valence-electron chi connectivity index (χ1n) is 9.43. The van der Waals surface area contributed by atoms with Crippen LogP contribution >= 0.6 is 11.3 Å². The second-order valence-corrected chi connectivity index (χ2v) is 7.49. The molecule has 1 amide bonds. The minimum absolute atomic E-state index is 0.0194. The van der Waals surface area contributed by atoms with Crippen molar-refractivity contribution in [1.82, 2.24) is 19.7 Å². The summed E-state index contributed by atoms with van der Waals surface area (Å²) >= 11 is 1.62. The summed E-state index contributed by atoms with van der Waals surface area (Å²) in [4.78, 5) is 21.1. The number of thiophene rings is 1. The molecule has 0 spiro atoms. The number of pyridine rings is 1. The van der Waals surface area contributed by atoms with Crippen molar-refractivity contribution in [2.45, 2.75) is 20.8 Å². The first-order chi connectivity index (χ1) is 13.6. The Bertz CT molecular complexity index is 1110. The summed E-state index contributed by atoms with van der Waals surface area (Å²) < 4.78 is 1.83. The van der Waals surface area contributed by atoms with Crippen molar-refractivity contribution < 1.29 is 4.79 Å². The number of fused-ring (bicyclic) bond motifs is 1. The van der Waals surface area contributed by atoms with Crippen molar-refractivity contribution in [1.29, 1.82) is 0 Å². The van der Waals surface area contributed by atoms with E-state index in [1.54, 1.807) is 11.3 Å². The Morgan fingerprint density at radius 3 is 2.50 bits per heavy atom. The summed E-state index contributed by atoms with van der Waals surface area (Å²) in [5, 5.41) is 7.56. The molecular formula is C22H22N4OS. The lowest BCUT2D eigenvalue weighted by molar-refractivity contribution is 0.0775. The van der Waals surface area contributed by atoms with Crippen LogP contribution in [-0.4, -0.2) is 38.7 Å². The molecule has 4 aromatic rings. The lowest BCUT2D eigenvalue weighted by Gasteiger charge is -2.19. The zero-order chi connectivity index (χ0) is 19.7. The highest BCUT2D eigenvalue weighted by Gasteiger charge is 2.23. The molecule has 3 heterocycles. The number of carbonyl (C=O) groups excluding carboxylic acids is 1. The Hall–Kier alpha value is -2.99. The largest absolute Gasteiger partial charge is 0.339 e. The molecule has 0 N–H and O–H groups in total. The van der Waals surface area contributed by atoms with Crippen molar-refractivity contribution in [3.8, 4) is 16.3 Å². The smallest absolute Gasteiger partial charge is 0.254 e. The highest BCUT2D eigenvalue weighted by molar-refractivity contribution is 7.13. The predicted octanol–water partition coefficient (Wildman–Crippen LogP) is 4.94. The third-order valence-electron chi connectivity index (χ3n) is 4.87. The number of para-hydroxylation sites is 1. The molecule has 0 aliphatic heterocycles. The molecule has 1 aromatic carbocycles. The third-order valence-corrected chi connectivity index (χ3v) is 5.76. The van der Waals surface area contributed by atoms with Crippen LogP contribution in [0.15, 0.2) is 53.9 Å². The number of hydrogen-bond donors (Lipinski definition) is 0. The molecule has 5 nitrogen and oxygen atoms in total. The van der Waals surface area contributed by atoms with Gasteiger partial charge in [0.25, 0.3) is 5.91 Å². The first kappa shape index (κ1) is 18.4. The Kier molecular flexibility index (Phi) is 4.96. The predicted molar refractivity (Wildman–Crippen MR) is 114 cm³/mol. The molecular weight excluding hydrogens is 368 g/mol. The standard InChI is InChI=1S/C22H22N4OS/c1-4-25(5-2)22(27)17-14-18(19-12-9-13-28-19)23-21-20(17)15(3)24-26(21)16-10-7-6-8-11-16/h6-14H,4-5H2,1-3H3. The lowest BCUT2D eigenvalue weighted by atomic mass is 10.1. The summed E-state index contributed by atoms with van der Waals surface area (Å²) in [6.45, 7) is 7.27. The van der Waals surface area contributed by atoms with E-state index in [2.05, 4.69) is 0 Å². The summed E-state index contributed by atoms with van der Waals surface area (Å²) in [5.41, 5.74) is 3.91. The van der Waals surface area contributed by atoms with Gasteiger partial charge < -0.3 is 4.90 Å². The molecule has 0 unspecified atom stereocenters. The molecule has 3 aromatic heterocycles. The van der Waals surface area contributed by atoms with E-state index in [1.807, 2.05) is 84.3 Å². The topological polar surface area (TPSA) is 51.0 Å². The number of hydrogen-bond acceptors (Lipinski definition) is 4. The number of rotatable bonds is 5. The summed E-state index contributed by atoms with van der Waals surface area (Å²) in [7, 11) is 0. The molecule has 0 saturated carbocycles. The molecule has 142 valence electrons. The minimum Gasteiger partial charge on any atom is -0.339 e. The fourth-order valence-electron chi connectivity index (χ4n) is 3.44. The minimum atomic E-state index is 0.0194. The van der Waals surface area contributed by atoms with Crippen LogP contribution in [0.25, 0.3) is 27.3 Å². The molecule has 6 heteroatoms. The van der Waals surface area contributed by atoms with Crippen molar-refractivity contribution in [2.24, 2.45) is 0 Å². The van der Waals surface area contributed by atoms with Gasteiger partial charge in [0, 0.05) is 13.1 Å². The van der Waals surface area contributed by atoms with Crippen molar-refractivity contribution in [3.63, 3.8) is 0 Å². The molecule has 0 radical (unpaired) electrons. The number of aromatic nitrogens is 3. The van der Waals surface area contributed by atoms with Crippen LogP contribution < -0.4 is 0 Å². The first-order valence-corrected chi connectivity index (χ1v) is 10.3. The van der Waals surface area contributed by atoms with E-state index in [1.165, 1.54) is 0 Å². The van der Waals surface area contributed by atoms with E-state index < -0.39 is 0 Å². The number of carbonyl (C=O) groups is 1.